The fourth-order valence-electron chi connectivity index (χ4n) is 3.11. The van der Waals surface area contributed by atoms with Gasteiger partial charge in [0.25, 0.3) is 0 Å². The average Bonchev–Trinajstić information content (AvgIpc) is 3.00. The van der Waals surface area contributed by atoms with Crippen LogP contribution in [-0.2, 0) is 6.42 Å². The third-order valence-electron chi connectivity index (χ3n) is 4.48. The first-order valence-electron chi connectivity index (χ1n) is 7.87. The molecular weight excluding hydrogens is 320 g/mol. The fraction of sp³-hybridized carbons (Fsp3) is 0.150. The minimum atomic E-state index is -0.328. The van der Waals surface area contributed by atoms with Gasteiger partial charge in [0.05, 0.1) is 5.56 Å². The average molecular weight is 336 g/mol. The fourth-order valence-corrected chi connectivity index (χ4v) is 3.11. The van der Waals surface area contributed by atoms with Gasteiger partial charge < -0.3 is 19.4 Å². The number of ether oxygens (including phenoxy) is 1. The van der Waals surface area contributed by atoms with Crippen molar-refractivity contribution in [2.45, 2.75) is 19.4 Å². The van der Waals surface area contributed by atoms with Gasteiger partial charge in [0, 0.05) is 18.1 Å². The zero-order chi connectivity index (χ0) is 17.7. The number of aromatic hydroxyl groups is 2. The van der Waals surface area contributed by atoms with Gasteiger partial charge in [0.2, 0.25) is 5.43 Å². The number of fused-ring (bicyclic) bond motifs is 3. The minimum Gasteiger partial charge on any atom is -0.508 e. The van der Waals surface area contributed by atoms with E-state index in [1.54, 1.807) is 12.1 Å². The molecule has 5 nitrogen and oxygen atoms in total. The lowest BCUT2D eigenvalue weighted by Crippen LogP contribution is -2.13. The Kier molecular flexibility index (Phi) is 3.32. The first kappa shape index (κ1) is 15.3. The monoisotopic (exact) mass is 336 g/mol. The number of benzene rings is 2. The van der Waals surface area contributed by atoms with Gasteiger partial charge in [-0.3, -0.25) is 4.79 Å². The van der Waals surface area contributed by atoms with E-state index in [2.05, 4.69) is 6.58 Å². The van der Waals surface area contributed by atoms with Gasteiger partial charge in [0.1, 0.15) is 40.6 Å². The lowest BCUT2D eigenvalue weighted by Gasteiger charge is -2.09. The van der Waals surface area contributed by atoms with Crippen LogP contribution in [-0.4, -0.2) is 16.3 Å². The molecule has 1 unspecified atom stereocenters. The Morgan fingerprint density at radius 2 is 1.96 bits per heavy atom. The molecule has 1 aliphatic rings. The van der Waals surface area contributed by atoms with Crippen molar-refractivity contribution < 1.29 is 19.4 Å². The predicted octanol–water partition coefficient (Wildman–Crippen LogP) is 3.75. The van der Waals surface area contributed by atoms with E-state index in [0.29, 0.717) is 28.9 Å². The van der Waals surface area contributed by atoms with Crippen molar-refractivity contribution in [1.82, 2.24) is 0 Å². The van der Waals surface area contributed by atoms with Gasteiger partial charge in [-0.1, -0.05) is 18.7 Å². The van der Waals surface area contributed by atoms with Crippen LogP contribution >= 0.6 is 0 Å². The summed E-state index contributed by atoms with van der Waals surface area (Å²) in [5, 5.41) is 19.9. The SMILES string of the molecule is C=C(C)C1Cc2c(cc(O)c3c(=O)c(-c4ccc(O)cc4)coc23)O1. The largest absolute Gasteiger partial charge is 0.508 e. The quantitative estimate of drug-likeness (QED) is 0.697. The van der Waals surface area contributed by atoms with Crippen molar-refractivity contribution in [2.24, 2.45) is 0 Å². The van der Waals surface area contributed by atoms with Crippen molar-refractivity contribution in [3.8, 4) is 28.4 Å². The molecule has 3 aromatic rings. The van der Waals surface area contributed by atoms with Crippen molar-refractivity contribution in [3.63, 3.8) is 0 Å². The molecule has 0 saturated heterocycles. The van der Waals surface area contributed by atoms with Gasteiger partial charge in [-0.25, -0.2) is 0 Å². The van der Waals surface area contributed by atoms with Crippen LogP contribution in [0.1, 0.15) is 12.5 Å². The van der Waals surface area contributed by atoms with Crippen LogP contribution in [0.25, 0.3) is 22.1 Å². The molecule has 0 radical (unpaired) electrons. The summed E-state index contributed by atoms with van der Waals surface area (Å²) < 4.78 is 11.5. The predicted molar refractivity (Wildman–Crippen MR) is 94.2 cm³/mol. The maximum Gasteiger partial charge on any atom is 0.204 e. The molecule has 2 N–H and O–H groups in total. The summed E-state index contributed by atoms with van der Waals surface area (Å²) in [6.07, 6.45) is 1.73. The Hall–Kier alpha value is -3.21. The smallest absolute Gasteiger partial charge is 0.204 e. The number of phenolic OH excluding ortho intramolecular Hbond substituents is 2. The Morgan fingerprint density at radius 3 is 2.64 bits per heavy atom. The molecular formula is C20H16O5. The standard InChI is InChI=1S/C20H16O5/c1-10(2)16-7-13-17(25-16)8-15(22)18-19(23)14(9-24-20(13)18)11-3-5-12(21)6-4-11/h3-6,8-9,16,21-22H,1,7H2,2H3. The maximum absolute atomic E-state index is 12.9. The summed E-state index contributed by atoms with van der Waals surface area (Å²) in [5.41, 5.74) is 2.56. The van der Waals surface area contributed by atoms with Gasteiger partial charge in [-0.15, -0.1) is 0 Å². The zero-order valence-electron chi connectivity index (χ0n) is 13.6. The van der Waals surface area contributed by atoms with E-state index < -0.39 is 0 Å². The first-order chi connectivity index (χ1) is 12.0. The molecule has 0 bridgehead atoms. The molecule has 0 amide bonds. The van der Waals surface area contributed by atoms with E-state index in [1.165, 1.54) is 24.5 Å². The summed E-state index contributed by atoms with van der Waals surface area (Å²) in [4.78, 5) is 12.9. The van der Waals surface area contributed by atoms with Crippen LogP contribution in [0.2, 0.25) is 0 Å². The second-order valence-corrected chi connectivity index (χ2v) is 6.26. The summed E-state index contributed by atoms with van der Waals surface area (Å²) in [6.45, 7) is 5.77. The Balaban J connectivity index is 1.94. The molecule has 0 aliphatic carbocycles. The van der Waals surface area contributed by atoms with Crippen LogP contribution in [0.5, 0.6) is 17.2 Å². The number of phenols is 2. The zero-order valence-corrected chi connectivity index (χ0v) is 13.6. The lowest BCUT2D eigenvalue weighted by atomic mass is 10.0. The van der Waals surface area contributed by atoms with Crippen LogP contribution < -0.4 is 10.2 Å². The van der Waals surface area contributed by atoms with Gasteiger partial charge in [-0.2, -0.15) is 0 Å². The van der Waals surface area contributed by atoms with Crippen LogP contribution in [0, 0.1) is 0 Å². The summed E-state index contributed by atoms with van der Waals surface area (Å²) in [5.74, 6) is 0.446. The number of hydrogen-bond acceptors (Lipinski definition) is 5. The summed E-state index contributed by atoms with van der Waals surface area (Å²) in [6, 6.07) is 7.69. The normalized spacial score (nSPS) is 15.8. The molecule has 2 aromatic carbocycles. The summed E-state index contributed by atoms with van der Waals surface area (Å²) >= 11 is 0. The molecule has 0 spiro atoms. The summed E-state index contributed by atoms with van der Waals surface area (Å²) in [7, 11) is 0. The highest BCUT2D eigenvalue weighted by molar-refractivity contribution is 5.91. The molecule has 126 valence electrons. The van der Waals surface area contributed by atoms with Gasteiger partial charge in [-0.05, 0) is 30.2 Å². The second-order valence-electron chi connectivity index (χ2n) is 6.26. The highest BCUT2D eigenvalue weighted by Crippen LogP contribution is 2.40. The van der Waals surface area contributed by atoms with E-state index in [4.69, 9.17) is 9.15 Å². The van der Waals surface area contributed by atoms with E-state index in [0.717, 1.165) is 11.1 Å². The topological polar surface area (TPSA) is 79.9 Å². The molecule has 4 rings (SSSR count). The van der Waals surface area contributed by atoms with Crippen LogP contribution in [0.15, 0.2) is 58.0 Å². The lowest BCUT2D eigenvalue weighted by molar-refractivity contribution is 0.270. The highest BCUT2D eigenvalue weighted by Gasteiger charge is 2.29. The third kappa shape index (κ3) is 2.36. The Morgan fingerprint density at radius 1 is 1.24 bits per heavy atom. The number of rotatable bonds is 2. The van der Waals surface area contributed by atoms with Crippen LogP contribution in [0.3, 0.4) is 0 Å². The van der Waals surface area contributed by atoms with Crippen molar-refractivity contribution in [1.29, 1.82) is 0 Å². The third-order valence-corrected chi connectivity index (χ3v) is 4.48. The van der Waals surface area contributed by atoms with E-state index >= 15 is 0 Å². The minimum absolute atomic E-state index is 0.109. The van der Waals surface area contributed by atoms with E-state index in [-0.39, 0.29) is 28.4 Å². The van der Waals surface area contributed by atoms with E-state index in [9.17, 15) is 15.0 Å². The van der Waals surface area contributed by atoms with Gasteiger partial charge in [0.15, 0.2) is 0 Å². The van der Waals surface area contributed by atoms with Crippen LogP contribution in [0.4, 0.5) is 0 Å². The molecule has 25 heavy (non-hydrogen) atoms. The molecule has 1 aromatic heterocycles. The van der Waals surface area contributed by atoms with E-state index in [1.807, 2.05) is 6.92 Å². The molecule has 0 fully saturated rings. The Bertz CT molecular complexity index is 1060. The molecule has 2 heterocycles. The van der Waals surface area contributed by atoms with Crippen molar-refractivity contribution in [2.75, 3.05) is 0 Å². The maximum atomic E-state index is 12.9. The molecule has 1 atom stereocenters. The van der Waals surface area contributed by atoms with Crippen molar-refractivity contribution in [3.05, 3.63) is 64.5 Å². The second kappa shape index (κ2) is 5.41. The molecule has 1 aliphatic heterocycles. The van der Waals surface area contributed by atoms with Crippen molar-refractivity contribution >= 4 is 11.0 Å². The Labute approximate surface area is 143 Å². The molecule has 0 saturated carbocycles. The highest BCUT2D eigenvalue weighted by atomic mass is 16.5. The first-order valence-corrected chi connectivity index (χ1v) is 7.87. The number of hydrogen-bond donors (Lipinski definition) is 2. The molecule has 5 heteroatoms. The van der Waals surface area contributed by atoms with Gasteiger partial charge >= 0.3 is 0 Å².